The van der Waals surface area contributed by atoms with Gasteiger partial charge in [0.05, 0.1) is 8.66 Å². The molecule has 0 saturated heterocycles. The van der Waals surface area contributed by atoms with Crippen LogP contribution in [0.4, 0.5) is 5.69 Å². The van der Waals surface area contributed by atoms with Crippen LogP contribution in [0.5, 0.6) is 0 Å². The van der Waals surface area contributed by atoms with Gasteiger partial charge in [-0.05, 0) is 40.2 Å². The third kappa shape index (κ3) is 2.81. The Kier molecular flexibility index (Phi) is 3.58. The smallest absolute Gasteiger partial charge is 0.265 e. The molecule has 2 aromatic rings. The van der Waals surface area contributed by atoms with Gasteiger partial charge in [-0.3, -0.25) is 4.79 Å². The zero-order valence-corrected chi connectivity index (χ0v) is 11.1. The molecule has 0 atom stereocenters. The van der Waals surface area contributed by atoms with Gasteiger partial charge in [0.2, 0.25) is 0 Å². The van der Waals surface area contributed by atoms with Crippen LogP contribution in [0.3, 0.4) is 0 Å². The lowest BCUT2D eigenvalue weighted by Crippen LogP contribution is -2.09. The highest BCUT2D eigenvalue weighted by Crippen LogP contribution is 2.23. The Labute approximate surface area is 110 Å². The predicted octanol–water partition coefficient (Wildman–Crippen LogP) is 3.81. The van der Waals surface area contributed by atoms with Crippen LogP contribution in [0.2, 0.25) is 5.15 Å². The first-order valence-electron chi connectivity index (χ1n) is 4.33. The van der Waals surface area contributed by atoms with Crippen molar-refractivity contribution in [3.05, 3.63) is 44.3 Å². The number of pyridine rings is 1. The number of amides is 1. The first kappa shape index (κ1) is 11.6. The molecule has 0 aliphatic heterocycles. The van der Waals surface area contributed by atoms with E-state index in [0.717, 1.165) is 3.79 Å². The molecule has 0 aliphatic carbocycles. The van der Waals surface area contributed by atoms with Gasteiger partial charge >= 0.3 is 0 Å². The first-order chi connectivity index (χ1) is 7.65. The summed E-state index contributed by atoms with van der Waals surface area (Å²) in [5.41, 5.74) is 0.634. The van der Waals surface area contributed by atoms with Gasteiger partial charge in [0, 0.05) is 11.9 Å². The van der Waals surface area contributed by atoms with Gasteiger partial charge in [0.25, 0.3) is 5.91 Å². The fourth-order valence-corrected chi connectivity index (χ4v) is 2.56. The molecule has 0 radical (unpaired) electrons. The summed E-state index contributed by atoms with van der Waals surface area (Å²) in [5.74, 6) is -0.155. The Morgan fingerprint density at radius 3 is 2.88 bits per heavy atom. The molecular weight excluding hydrogens is 312 g/mol. The standard InChI is InChI=1S/C10H6BrClN2OS/c11-8-2-1-7(16-8)10(15)14-6-3-4-13-9(12)5-6/h1-5H,(H,13,14,15). The van der Waals surface area contributed by atoms with Crippen LogP contribution >= 0.6 is 38.9 Å². The highest BCUT2D eigenvalue weighted by molar-refractivity contribution is 9.11. The summed E-state index contributed by atoms with van der Waals surface area (Å²) in [5, 5.41) is 3.09. The normalized spacial score (nSPS) is 10.1. The van der Waals surface area contributed by atoms with Crippen molar-refractivity contribution in [1.82, 2.24) is 4.98 Å². The number of nitrogens with zero attached hydrogens (tertiary/aromatic N) is 1. The van der Waals surface area contributed by atoms with Gasteiger partial charge in [-0.15, -0.1) is 11.3 Å². The van der Waals surface area contributed by atoms with Crippen molar-refractivity contribution in [3.8, 4) is 0 Å². The lowest BCUT2D eigenvalue weighted by atomic mass is 10.4. The Hall–Kier alpha value is -0.910. The van der Waals surface area contributed by atoms with Gasteiger partial charge in [-0.2, -0.15) is 0 Å². The van der Waals surface area contributed by atoms with Gasteiger partial charge < -0.3 is 5.32 Å². The monoisotopic (exact) mass is 316 g/mol. The van der Waals surface area contributed by atoms with E-state index < -0.39 is 0 Å². The molecule has 1 N–H and O–H groups in total. The summed E-state index contributed by atoms with van der Waals surface area (Å²) >= 11 is 10.4. The van der Waals surface area contributed by atoms with Crippen molar-refractivity contribution in [1.29, 1.82) is 0 Å². The van der Waals surface area contributed by atoms with Crippen molar-refractivity contribution in [2.75, 3.05) is 5.32 Å². The molecule has 0 spiro atoms. The lowest BCUT2D eigenvalue weighted by molar-refractivity contribution is 0.103. The Bertz CT molecular complexity index is 529. The number of hydrogen-bond acceptors (Lipinski definition) is 3. The largest absolute Gasteiger partial charge is 0.321 e. The number of carbonyl (C=O) groups is 1. The molecule has 16 heavy (non-hydrogen) atoms. The Morgan fingerprint density at radius 1 is 1.44 bits per heavy atom. The third-order valence-corrected chi connectivity index (χ3v) is 3.61. The fraction of sp³-hybridized carbons (Fsp3) is 0. The van der Waals surface area contributed by atoms with Crippen molar-refractivity contribution in [3.63, 3.8) is 0 Å². The topological polar surface area (TPSA) is 42.0 Å². The molecule has 2 rings (SSSR count). The van der Waals surface area contributed by atoms with E-state index in [-0.39, 0.29) is 5.91 Å². The summed E-state index contributed by atoms with van der Waals surface area (Å²) in [4.78, 5) is 16.2. The predicted molar refractivity (Wildman–Crippen MR) is 69.2 cm³/mol. The average Bonchev–Trinajstić information content (AvgIpc) is 2.65. The molecule has 0 aliphatic rings. The Balaban J connectivity index is 2.13. The molecule has 2 aromatic heterocycles. The number of halogens is 2. The summed E-state index contributed by atoms with van der Waals surface area (Å²) in [7, 11) is 0. The van der Waals surface area contributed by atoms with E-state index in [2.05, 4.69) is 26.2 Å². The van der Waals surface area contributed by atoms with E-state index in [1.807, 2.05) is 6.07 Å². The molecule has 6 heteroatoms. The lowest BCUT2D eigenvalue weighted by Gasteiger charge is -2.02. The minimum absolute atomic E-state index is 0.155. The van der Waals surface area contributed by atoms with Crippen LogP contribution < -0.4 is 5.32 Å². The fourth-order valence-electron chi connectivity index (χ4n) is 1.11. The molecule has 0 aromatic carbocycles. The maximum absolute atomic E-state index is 11.8. The van der Waals surface area contributed by atoms with Gasteiger partial charge in [-0.25, -0.2) is 4.98 Å². The van der Waals surface area contributed by atoms with Crippen molar-refractivity contribution in [2.24, 2.45) is 0 Å². The second-order valence-corrected chi connectivity index (χ2v) is 5.78. The van der Waals surface area contributed by atoms with Crippen LogP contribution in [0.15, 0.2) is 34.2 Å². The molecule has 82 valence electrons. The van der Waals surface area contributed by atoms with Crippen molar-refractivity contribution < 1.29 is 4.79 Å². The number of thiophene rings is 1. The molecule has 0 fully saturated rings. The minimum Gasteiger partial charge on any atom is -0.321 e. The molecule has 2 heterocycles. The van der Waals surface area contributed by atoms with Crippen molar-refractivity contribution in [2.45, 2.75) is 0 Å². The minimum atomic E-state index is -0.155. The van der Waals surface area contributed by atoms with Crippen LogP contribution in [0.25, 0.3) is 0 Å². The SMILES string of the molecule is O=C(Nc1ccnc(Cl)c1)c1ccc(Br)s1. The van der Waals surface area contributed by atoms with Crippen molar-refractivity contribution >= 4 is 50.5 Å². The zero-order chi connectivity index (χ0) is 11.5. The summed E-state index contributed by atoms with van der Waals surface area (Å²) < 4.78 is 0.922. The number of aromatic nitrogens is 1. The quantitative estimate of drug-likeness (QED) is 0.856. The Morgan fingerprint density at radius 2 is 2.25 bits per heavy atom. The summed E-state index contributed by atoms with van der Waals surface area (Å²) in [6.07, 6.45) is 1.54. The first-order valence-corrected chi connectivity index (χ1v) is 6.32. The van der Waals surface area contributed by atoms with E-state index in [0.29, 0.717) is 15.7 Å². The van der Waals surface area contributed by atoms with E-state index in [1.165, 1.54) is 11.3 Å². The van der Waals surface area contributed by atoms with E-state index in [9.17, 15) is 4.79 Å². The van der Waals surface area contributed by atoms with Gasteiger partial charge in [0.1, 0.15) is 5.15 Å². The number of hydrogen-bond donors (Lipinski definition) is 1. The second kappa shape index (κ2) is 4.95. The molecule has 0 bridgehead atoms. The molecule has 0 saturated carbocycles. The number of rotatable bonds is 2. The molecule has 0 unspecified atom stereocenters. The number of carbonyl (C=O) groups excluding carboxylic acids is 1. The van der Waals surface area contributed by atoms with E-state index >= 15 is 0 Å². The zero-order valence-electron chi connectivity index (χ0n) is 7.91. The van der Waals surface area contributed by atoms with Gasteiger partial charge in [0.15, 0.2) is 0 Å². The maximum atomic E-state index is 11.8. The number of nitrogens with one attached hydrogen (secondary N) is 1. The van der Waals surface area contributed by atoms with Crippen LogP contribution in [0, 0.1) is 0 Å². The highest BCUT2D eigenvalue weighted by atomic mass is 79.9. The third-order valence-electron chi connectivity index (χ3n) is 1.78. The molecule has 3 nitrogen and oxygen atoms in total. The van der Waals surface area contributed by atoms with Crippen LogP contribution in [-0.2, 0) is 0 Å². The van der Waals surface area contributed by atoms with E-state index in [4.69, 9.17) is 11.6 Å². The summed E-state index contributed by atoms with van der Waals surface area (Å²) in [6.45, 7) is 0. The molecule has 1 amide bonds. The van der Waals surface area contributed by atoms with Crippen LogP contribution in [0.1, 0.15) is 9.67 Å². The maximum Gasteiger partial charge on any atom is 0.265 e. The summed E-state index contributed by atoms with van der Waals surface area (Å²) in [6, 6.07) is 6.88. The molecular formula is C10H6BrClN2OS. The second-order valence-electron chi connectivity index (χ2n) is 2.93. The highest BCUT2D eigenvalue weighted by Gasteiger charge is 2.08. The average molecular weight is 318 g/mol. The van der Waals surface area contributed by atoms with Crippen LogP contribution in [-0.4, -0.2) is 10.9 Å². The number of anilines is 1. The van der Waals surface area contributed by atoms with E-state index in [1.54, 1.807) is 24.4 Å². The van der Waals surface area contributed by atoms with Gasteiger partial charge in [-0.1, -0.05) is 11.6 Å².